The predicted molar refractivity (Wildman–Crippen MR) is 81.7 cm³/mol. The number of nitrogens with zero attached hydrogens (tertiary/aromatic N) is 2. The molecule has 0 fully saturated rings. The van der Waals surface area contributed by atoms with Crippen LogP contribution in [-0.2, 0) is 0 Å². The van der Waals surface area contributed by atoms with Gasteiger partial charge in [0, 0.05) is 11.3 Å². The third-order valence-corrected chi connectivity index (χ3v) is 3.91. The molecule has 3 rings (SSSR count). The van der Waals surface area contributed by atoms with Gasteiger partial charge in [-0.05, 0) is 12.1 Å². The number of Topliss-reactive ketones (excluding diaryl/α,β-unsaturated/α-hetero) is 1. The number of rotatable bonds is 5. The van der Waals surface area contributed by atoms with Crippen LogP contribution in [0.3, 0.4) is 0 Å². The lowest BCUT2D eigenvalue weighted by atomic mass is 10.2. The van der Waals surface area contributed by atoms with E-state index in [1.54, 1.807) is 6.07 Å². The molecule has 1 aromatic carbocycles. The molecule has 0 spiro atoms. The Labute approximate surface area is 126 Å². The zero-order chi connectivity index (χ0) is 14.8. The minimum atomic E-state index is -0.0629. The van der Waals surface area contributed by atoms with Crippen LogP contribution in [0.15, 0.2) is 39.9 Å². The molecule has 21 heavy (non-hydrogen) atoms. The van der Waals surface area contributed by atoms with E-state index in [1.165, 1.54) is 11.8 Å². The van der Waals surface area contributed by atoms with Crippen LogP contribution in [0.2, 0.25) is 0 Å². The fourth-order valence-electron chi connectivity index (χ4n) is 1.90. The molecule has 0 aliphatic carbocycles. The number of carbonyl (C=O) groups excluding carboxylic acids is 1. The summed E-state index contributed by atoms with van der Waals surface area (Å²) in [5, 5.41) is 8.49. The molecule has 108 valence electrons. The lowest BCUT2D eigenvalue weighted by Crippen LogP contribution is -2.00. The Morgan fingerprint density at radius 1 is 1.38 bits per heavy atom. The average molecular weight is 301 g/mol. The highest BCUT2D eigenvalue weighted by molar-refractivity contribution is 7.99. The van der Waals surface area contributed by atoms with Crippen LogP contribution in [0, 0.1) is 0 Å². The summed E-state index contributed by atoms with van der Waals surface area (Å²) in [6, 6.07) is 9.35. The summed E-state index contributed by atoms with van der Waals surface area (Å²) < 4.78 is 5.55. The van der Waals surface area contributed by atoms with E-state index in [2.05, 4.69) is 15.2 Å². The first-order chi connectivity index (χ1) is 10.1. The van der Waals surface area contributed by atoms with Gasteiger partial charge in [0.2, 0.25) is 10.9 Å². The van der Waals surface area contributed by atoms with Crippen molar-refractivity contribution in [2.75, 3.05) is 5.75 Å². The number of hydrogen-bond donors (Lipinski definition) is 1. The third kappa shape index (κ3) is 3.00. The van der Waals surface area contributed by atoms with Crippen LogP contribution >= 0.6 is 11.8 Å². The van der Waals surface area contributed by atoms with Crippen molar-refractivity contribution in [2.24, 2.45) is 0 Å². The van der Waals surface area contributed by atoms with Gasteiger partial charge in [0.05, 0.1) is 5.75 Å². The molecule has 0 saturated heterocycles. The van der Waals surface area contributed by atoms with E-state index in [4.69, 9.17) is 4.42 Å². The van der Waals surface area contributed by atoms with Crippen molar-refractivity contribution in [1.29, 1.82) is 0 Å². The van der Waals surface area contributed by atoms with Gasteiger partial charge in [-0.3, -0.25) is 9.89 Å². The number of para-hydroxylation sites is 1. The highest BCUT2D eigenvalue weighted by Gasteiger charge is 2.14. The van der Waals surface area contributed by atoms with E-state index in [-0.39, 0.29) is 17.5 Å². The summed E-state index contributed by atoms with van der Waals surface area (Å²) in [7, 11) is 0. The maximum absolute atomic E-state index is 12.1. The van der Waals surface area contributed by atoms with Crippen LogP contribution in [0.5, 0.6) is 0 Å². The van der Waals surface area contributed by atoms with Crippen molar-refractivity contribution >= 4 is 28.5 Å². The molecular weight excluding hydrogens is 286 g/mol. The maximum Gasteiger partial charge on any atom is 0.208 e. The Morgan fingerprint density at radius 2 is 2.19 bits per heavy atom. The summed E-state index contributed by atoms with van der Waals surface area (Å²) in [4.78, 5) is 16.5. The number of thioether (sulfide) groups is 1. The molecule has 0 saturated carbocycles. The summed E-state index contributed by atoms with van der Waals surface area (Å²) in [6.45, 7) is 4.07. The van der Waals surface area contributed by atoms with Gasteiger partial charge < -0.3 is 4.42 Å². The average Bonchev–Trinajstić information content (AvgIpc) is 3.11. The molecule has 5 nitrogen and oxygen atoms in total. The first kappa shape index (κ1) is 13.9. The highest BCUT2D eigenvalue weighted by Crippen LogP contribution is 2.22. The van der Waals surface area contributed by atoms with Gasteiger partial charge in [-0.1, -0.05) is 43.8 Å². The Hall–Kier alpha value is -2.08. The highest BCUT2D eigenvalue weighted by atomic mass is 32.2. The second-order valence-electron chi connectivity index (χ2n) is 5.02. The van der Waals surface area contributed by atoms with Crippen LogP contribution in [-0.4, -0.2) is 26.7 Å². The van der Waals surface area contributed by atoms with Gasteiger partial charge in [0.1, 0.15) is 11.4 Å². The Morgan fingerprint density at radius 3 is 2.90 bits per heavy atom. The molecular formula is C15H15N3O2S. The molecule has 0 aliphatic heterocycles. The van der Waals surface area contributed by atoms with E-state index < -0.39 is 0 Å². The molecule has 0 radical (unpaired) electrons. The Balaban J connectivity index is 1.68. The number of fused-ring (bicyclic) bond motifs is 1. The minimum absolute atomic E-state index is 0.0629. The fourth-order valence-corrected chi connectivity index (χ4v) is 2.58. The number of H-pyrrole nitrogens is 1. The van der Waals surface area contributed by atoms with Crippen molar-refractivity contribution in [3.8, 4) is 0 Å². The standard InChI is InChI=1S/C15H15N3O2S/c1-9(2)14-16-15(18-17-14)21-8-11(19)13-7-10-5-3-4-6-12(10)20-13/h3-7,9H,8H2,1-2H3,(H,16,17,18). The zero-order valence-corrected chi connectivity index (χ0v) is 12.6. The molecule has 0 amide bonds. The summed E-state index contributed by atoms with van der Waals surface area (Å²) >= 11 is 1.31. The number of ketones is 1. The maximum atomic E-state index is 12.1. The first-order valence-corrected chi connectivity index (χ1v) is 7.69. The normalized spacial score (nSPS) is 11.4. The van der Waals surface area contributed by atoms with E-state index in [1.807, 2.05) is 38.1 Å². The van der Waals surface area contributed by atoms with Crippen molar-refractivity contribution in [1.82, 2.24) is 15.2 Å². The van der Waals surface area contributed by atoms with Gasteiger partial charge in [0.25, 0.3) is 0 Å². The molecule has 0 unspecified atom stereocenters. The van der Waals surface area contributed by atoms with Gasteiger partial charge in [-0.2, -0.15) is 0 Å². The summed E-state index contributed by atoms with van der Waals surface area (Å²) in [5.74, 6) is 1.69. The predicted octanol–water partition coefficient (Wildman–Crippen LogP) is 3.65. The number of hydrogen-bond acceptors (Lipinski definition) is 5. The minimum Gasteiger partial charge on any atom is -0.453 e. The van der Waals surface area contributed by atoms with Crippen LogP contribution < -0.4 is 0 Å². The van der Waals surface area contributed by atoms with Gasteiger partial charge in [-0.15, -0.1) is 5.10 Å². The number of benzene rings is 1. The van der Waals surface area contributed by atoms with Crippen LogP contribution in [0.1, 0.15) is 36.1 Å². The summed E-state index contributed by atoms with van der Waals surface area (Å²) in [5.41, 5.74) is 0.728. The van der Waals surface area contributed by atoms with E-state index in [0.717, 1.165) is 16.8 Å². The lowest BCUT2D eigenvalue weighted by molar-refractivity contribution is 0.0994. The number of nitrogens with one attached hydrogen (secondary N) is 1. The van der Waals surface area contributed by atoms with E-state index in [9.17, 15) is 4.79 Å². The van der Waals surface area contributed by atoms with Gasteiger partial charge in [0.15, 0.2) is 5.76 Å². The van der Waals surface area contributed by atoms with Crippen LogP contribution in [0.25, 0.3) is 11.0 Å². The molecule has 0 atom stereocenters. The Bertz CT molecular complexity index is 743. The molecule has 3 aromatic rings. The Kier molecular flexibility index (Phi) is 3.79. The quantitative estimate of drug-likeness (QED) is 0.575. The second-order valence-corrected chi connectivity index (χ2v) is 5.96. The van der Waals surface area contributed by atoms with E-state index in [0.29, 0.717) is 10.9 Å². The number of aromatic nitrogens is 3. The van der Waals surface area contributed by atoms with Gasteiger partial charge >= 0.3 is 0 Å². The monoisotopic (exact) mass is 301 g/mol. The molecule has 2 aromatic heterocycles. The SMILES string of the molecule is CC(C)c1nc(SCC(=O)c2cc3ccccc3o2)n[nH]1. The molecule has 1 N–H and O–H groups in total. The van der Waals surface area contributed by atoms with Crippen molar-refractivity contribution < 1.29 is 9.21 Å². The fraction of sp³-hybridized carbons (Fsp3) is 0.267. The van der Waals surface area contributed by atoms with Crippen LogP contribution in [0.4, 0.5) is 0 Å². The molecule has 0 bridgehead atoms. The second kappa shape index (κ2) is 5.73. The first-order valence-electron chi connectivity index (χ1n) is 6.70. The number of furan rings is 1. The molecule has 2 heterocycles. The topological polar surface area (TPSA) is 71.8 Å². The smallest absolute Gasteiger partial charge is 0.208 e. The van der Waals surface area contributed by atoms with E-state index >= 15 is 0 Å². The summed E-state index contributed by atoms with van der Waals surface area (Å²) in [6.07, 6.45) is 0. The van der Waals surface area contributed by atoms with Crippen molar-refractivity contribution in [2.45, 2.75) is 24.9 Å². The molecule has 6 heteroatoms. The van der Waals surface area contributed by atoms with Gasteiger partial charge in [-0.25, -0.2) is 4.98 Å². The molecule has 0 aliphatic rings. The third-order valence-electron chi connectivity index (χ3n) is 3.06. The number of aromatic amines is 1. The zero-order valence-electron chi connectivity index (χ0n) is 11.8. The van der Waals surface area contributed by atoms with Crippen molar-refractivity contribution in [3.05, 3.63) is 41.9 Å². The largest absolute Gasteiger partial charge is 0.453 e. The lowest BCUT2D eigenvalue weighted by Gasteiger charge is -1.95. The number of carbonyl (C=O) groups is 1. The van der Waals surface area contributed by atoms with Crippen molar-refractivity contribution in [3.63, 3.8) is 0 Å².